The average molecular weight is 298 g/mol. The first-order valence-electron chi connectivity index (χ1n) is 5.17. The molecule has 1 atom stereocenters. The van der Waals surface area contributed by atoms with Gasteiger partial charge in [0.15, 0.2) is 4.21 Å². The van der Waals surface area contributed by atoms with Crippen molar-refractivity contribution in [2.24, 2.45) is 0 Å². The van der Waals surface area contributed by atoms with E-state index in [2.05, 4.69) is 10.3 Å². The summed E-state index contributed by atoms with van der Waals surface area (Å²) in [4.78, 5) is 4.00. The maximum absolute atomic E-state index is 12.3. The molecule has 2 rings (SSSR count). The predicted octanol–water partition coefficient (Wildman–Crippen LogP) is 0.856. The molecule has 1 aliphatic rings. The number of hydrogen-bond acceptors (Lipinski definition) is 5. The molecule has 1 saturated heterocycles. The van der Waals surface area contributed by atoms with Crippen molar-refractivity contribution in [1.82, 2.24) is 14.6 Å². The van der Waals surface area contributed by atoms with E-state index in [0.29, 0.717) is 23.8 Å². The molecule has 1 aromatic heterocycles. The Morgan fingerprint density at radius 1 is 1.59 bits per heavy atom. The molecule has 0 aromatic carbocycles. The van der Waals surface area contributed by atoms with Gasteiger partial charge in [0.25, 0.3) is 10.0 Å². The Morgan fingerprint density at radius 3 is 2.82 bits per heavy atom. The van der Waals surface area contributed by atoms with E-state index in [-0.39, 0.29) is 18.4 Å². The molecule has 17 heavy (non-hydrogen) atoms. The van der Waals surface area contributed by atoms with Gasteiger partial charge in [0.2, 0.25) is 0 Å². The van der Waals surface area contributed by atoms with Crippen LogP contribution in [0.1, 0.15) is 11.9 Å². The summed E-state index contributed by atoms with van der Waals surface area (Å²) < 4.78 is 26.5. The minimum absolute atomic E-state index is 0. The lowest BCUT2D eigenvalue weighted by Gasteiger charge is -2.32. The number of nitrogens with one attached hydrogen (secondary N) is 1. The van der Waals surface area contributed by atoms with Crippen molar-refractivity contribution < 1.29 is 8.42 Å². The minimum Gasteiger partial charge on any atom is -0.314 e. The van der Waals surface area contributed by atoms with Gasteiger partial charge in [-0.3, -0.25) is 0 Å². The molecule has 0 saturated carbocycles. The second-order valence-electron chi connectivity index (χ2n) is 3.87. The van der Waals surface area contributed by atoms with Gasteiger partial charge in [-0.15, -0.1) is 23.7 Å². The molecular weight excluding hydrogens is 282 g/mol. The maximum atomic E-state index is 12.3. The summed E-state index contributed by atoms with van der Waals surface area (Å²) >= 11 is 1.23. The molecule has 8 heteroatoms. The standard InChI is InChI=1S/C9H15N3O2S2.ClH/c1-7-5-10-3-4-12(7)16(13,14)9-6-11-8(2)15-9;/h6-7,10H,3-5H2,1-2H3;1H. The van der Waals surface area contributed by atoms with Crippen molar-refractivity contribution >= 4 is 33.8 Å². The van der Waals surface area contributed by atoms with Crippen LogP contribution in [0, 0.1) is 6.92 Å². The van der Waals surface area contributed by atoms with Crippen molar-refractivity contribution in [3.63, 3.8) is 0 Å². The fourth-order valence-corrected chi connectivity index (χ4v) is 4.63. The first-order chi connectivity index (χ1) is 7.51. The van der Waals surface area contributed by atoms with Gasteiger partial charge in [-0.05, 0) is 13.8 Å². The SMILES string of the molecule is Cc1ncc(S(=O)(=O)N2CCNCC2C)s1.Cl. The van der Waals surface area contributed by atoms with Gasteiger partial charge in [-0.1, -0.05) is 0 Å². The van der Waals surface area contributed by atoms with Crippen LogP contribution in [-0.2, 0) is 10.0 Å². The molecule has 5 nitrogen and oxygen atoms in total. The van der Waals surface area contributed by atoms with Crippen LogP contribution in [0.25, 0.3) is 0 Å². The third-order valence-electron chi connectivity index (χ3n) is 2.60. The zero-order valence-corrected chi connectivity index (χ0v) is 12.2. The average Bonchev–Trinajstić information content (AvgIpc) is 2.66. The lowest BCUT2D eigenvalue weighted by molar-refractivity contribution is 0.284. The van der Waals surface area contributed by atoms with Crippen LogP contribution < -0.4 is 5.32 Å². The predicted molar refractivity (Wildman–Crippen MR) is 70.3 cm³/mol. The molecule has 2 heterocycles. The first kappa shape index (κ1) is 14.8. The lowest BCUT2D eigenvalue weighted by Crippen LogP contribution is -2.51. The monoisotopic (exact) mass is 297 g/mol. The molecule has 0 aliphatic carbocycles. The van der Waals surface area contributed by atoms with Crippen molar-refractivity contribution in [1.29, 1.82) is 0 Å². The molecule has 1 fully saturated rings. The summed E-state index contributed by atoms with van der Waals surface area (Å²) in [6.07, 6.45) is 1.45. The molecule has 98 valence electrons. The van der Waals surface area contributed by atoms with E-state index in [9.17, 15) is 8.42 Å². The number of aryl methyl sites for hydroxylation is 1. The highest BCUT2D eigenvalue weighted by atomic mass is 35.5. The third kappa shape index (κ3) is 2.97. The van der Waals surface area contributed by atoms with Crippen LogP contribution in [0.5, 0.6) is 0 Å². The lowest BCUT2D eigenvalue weighted by atomic mass is 10.3. The Kier molecular flexibility index (Phi) is 4.91. The summed E-state index contributed by atoms with van der Waals surface area (Å²) in [5.41, 5.74) is 0. The Hall–Kier alpha value is -0.210. The topological polar surface area (TPSA) is 62.3 Å². The van der Waals surface area contributed by atoms with E-state index >= 15 is 0 Å². The summed E-state index contributed by atoms with van der Waals surface area (Å²) in [6.45, 7) is 5.67. The van der Waals surface area contributed by atoms with Crippen LogP contribution in [0.3, 0.4) is 0 Å². The number of halogens is 1. The number of aromatic nitrogens is 1. The molecule has 0 amide bonds. The van der Waals surface area contributed by atoms with Gasteiger partial charge in [-0.25, -0.2) is 13.4 Å². The summed E-state index contributed by atoms with van der Waals surface area (Å²) in [5, 5.41) is 3.95. The van der Waals surface area contributed by atoms with Crippen LogP contribution in [-0.4, -0.2) is 43.4 Å². The van der Waals surface area contributed by atoms with E-state index < -0.39 is 10.0 Å². The molecule has 0 spiro atoms. The zero-order chi connectivity index (χ0) is 11.8. The fraction of sp³-hybridized carbons (Fsp3) is 0.667. The van der Waals surface area contributed by atoms with Gasteiger partial charge in [0.1, 0.15) is 0 Å². The molecule has 0 bridgehead atoms. The van der Waals surface area contributed by atoms with Crippen molar-refractivity contribution in [3.05, 3.63) is 11.2 Å². The Morgan fingerprint density at radius 2 is 2.29 bits per heavy atom. The highest BCUT2D eigenvalue weighted by molar-refractivity contribution is 7.91. The zero-order valence-electron chi connectivity index (χ0n) is 9.71. The summed E-state index contributed by atoms with van der Waals surface area (Å²) in [6, 6.07) is 0.00107. The number of nitrogens with zero attached hydrogens (tertiary/aromatic N) is 2. The van der Waals surface area contributed by atoms with Gasteiger partial charge < -0.3 is 5.32 Å². The highest BCUT2D eigenvalue weighted by Gasteiger charge is 2.32. The molecule has 1 unspecified atom stereocenters. The second kappa shape index (κ2) is 5.62. The highest BCUT2D eigenvalue weighted by Crippen LogP contribution is 2.24. The van der Waals surface area contributed by atoms with Gasteiger partial charge in [0, 0.05) is 25.7 Å². The van der Waals surface area contributed by atoms with Gasteiger partial charge in [0.05, 0.1) is 11.2 Å². The van der Waals surface area contributed by atoms with Crippen molar-refractivity contribution in [2.75, 3.05) is 19.6 Å². The number of thiazole rings is 1. The quantitative estimate of drug-likeness (QED) is 0.879. The van der Waals surface area contributed by atoms with Crippen LogP contribution in [0.2, 0.25) is 0 Å². The molecular formula is C9H16ClN3O2S2. The minimum atomic E-state index is -3.34. The number of rotatable bonds is 2. The second-order valence-corrected chi connectivity index (χ2v) is 7.22. The third-order valence-corrected chi connectivity index (χ3v) is 5.97. The molecule has 1 aromatic rings. The van der Waals surface area contributed by atoms with Crippen molar-refractivity contribution in [2.45, 2.75) is 24.1 Å². The number of piperazine rings is 1. The Bertz CT molecular complexity index is 474. The normalized spacial score (nSPS) is 22.1. The summed E-state index contributed by atoms with van der Waals surface area (Å²) in [5.74, 6) is 0. The smallest absolute Gasteiger partial charge is 0.254 e. The Balaban J connectivity index is 0.00000144. The number of sulfonamides is 1. The van der Waals surface area contributed by atoms with Crippen molar-refractivity contribution in [3.8, 4) is 0 Å². The van der Waals surface area contributed by atoms with E-state index in [0.717, 1.165) is 5.01 Å². The first-order valence-corrected chi connectivity index (χ1v) is 7.42. The van der Waals surface area contributed by atoms with Crippen LogP contribution >= 0.6 is 23.7 Å². The largest absolute Gasteiger partial charge is 0.314 e. The van der Waals surface area contributed by atoms with Crippen LogP contribution in [0.4, 0.5) is 0 Å². The van der Waals surface area contributed by atoms with Gasteiger partial charge >= 0.3 is 0 Å². The molecule has 1 aliphatic heterocycles. The fourth-order valence-electron chi connectivity index (χ4n) is 1.76. The Labute approximate surface area is 112 Å². The molecule has 0 radical (unpaired) electrons. The van der Waals surface area contributed by atoms with E-state index in [4.69, 9.17) is 0 Å². The van der Waals surface area contributed by atoms with E-state index in [1.165, 1.54) is 17.5 Å². The number of hydrogen-bond donors (Lipinski definition) is 1. The van der Waals surface area contributed by atoms with E-state index in [1.54, 1.807) is 4.31 Å². The van der Waals surface area contributed by atoms with E-state index in [1.807, 2.05) is 13.8 Å². The van der Waals surface area contributed by atoms with Gasteiger partial charge in [-0.2, -0.15) is 4.31 Å². The maximum Gasteiger partial charge on any atom is 0.254 e. The molecule has 1 N–H and O–H groups in total. The van der Waals surface area contributed by atoms with Crippen LogP contribution in [0.15, 0.2) is 10.4 Å². The summed E-state index contributed by atoms with van der Waals surface area (Å²) in [7, 11) is -3.34.